The Morgan fingerprint density at radius 2 is 1.95 bits per heavy atom. The van der Waals surface area contributed by atoms with Gasteiger partial charge < -0.3 is 10.6 Å². The number of fused-ring (bicyclic) bond motifs is 1. The molecule has 2 N–H and O–H groups in total. The van der Waals surface area contributed by atoms with Crippen molar-refractivity contribution in [2.45, 2.75) is 26.8 Å². The zero-order chi connectivity index (χ0) is 15.4. The fourth-order valence-corrected chi connectivity index (χ4v) is 2.12. The highest BCUT2D eigenvalue weighted by Crippen LogP contribution is 2.17. The fraction of sp³-hybridized carbons (Fsp3) is 0.312. The Morgan fingerprint density at radius 1 is 1.24 bits per heavy atom. The van der Waals surface area contributed by atoms with Crippen LogP contribution in [0.15, 0.2) is 30.3 Å². The lowest BCUT2D eigenvalue weighted by Gasteiger charge is -2.11. The number of hydrogen-bond acceptors (Lipinski definition) is 3. The van der Waals surface area contributed by atoms with Crippen LogP contribution in [0.1, 0.15) is 29.9 Å². The monoisotopic (exact) mass is 285 g/mol. The molecule has 0 bridgehead atoms. The Labute approximate surface area is 123 Å². The van der Waals surface area contributed by atoms with Crippen LogP contribution in [-0.4, -0.2) is 29.4 Å². The van der Waals surface area contributed by atoms with E-state index in [0.717, 1.165) is 16.6 Å². The summed E-state index contributed by atoms with van der Waals surface area (Å²) in [5.74, 6) is -0.468. The van der Waals surface area contributed by atoms with E-state index in [1.54, 1.807) is 6.07 Å². The standard InChI is InChI=1S/C16H19N3O2/c1-10(2)18-15(20)9-17-16(21)13-8-11(3)19-14-7-5-4-6-12(13)14/h4-8,10H,9H2,1-3H3,(H,17,21)(H,18,20). The van der Waals surface area contributed by atoms with E-state index in [4.69, 9.17) is 0 Å². The largest absolute Gasteiger partial charge is 0.352 e. The molecule has 0 atom stereocenters. The van der Waals surface area contributed by atoms with E-state index >= 15 is 0 Å². The molecule has 0 fully saturated rings. The van der Waals surface area contributed by atoms with Gasteiger partial charge in [-0.1, -0.05) is 18.2 Å². The second-order valence-corrected chi connectivity index (χ2v) is 5.23. The molecule has 5 nitrogen and oxygen atoms in total. The van der Waals surface area contributed by atoms with E-state index in [1.807, 2.05) is 45.0 Å². The highest BCUT2D eigenvalue weighted by Gasteiger charge is 2.13. The summed E-state index contributed by atoms with van der Waals surface area (Å²) in [4.78, 5) is 28.3. The molecule has 1 heterocycles. The molecule has 0 aliphatic carbocycles. The van der Waals surface area contributed by atoms with Crippen molar-refractivity contribution in [3.63, 3.8) is 0 Å². The van der Waals surface area contributed by atoms with Crippen LogP contribution >= 0.6 is 0 Å². The smallest absolute Gasteiger partial charge is 0.252 e. The fourth-order valence-electron chi connectivity index (χ4n) is 2.12. The molecule has 0 unspecified atom stereocenters. The highest BCUT2D eigenvalue weighted by molar-refractivity contribution is 6.07. The van der Waals surface area contributed by atoms with Crippen molar-refractivity contribution < 1.29 is 9.59 Å². The number of hydrogen-bond donors (Lipinski definition) is 2. The summed E-state index contributed by atoms with van der Waals surface area (Å²) in [6, 6.07) is 9.25. The lowest BCUT2D eigenvalue weighted by Crippen LogP contribution is -2.39. The van der Waals surface area contributed by atoms with Crippen LogP contribution in [0, 0.1) is 6.92 Å². The van der Waals surface area contributed by atoms with Gasteiger partial charge in [-0.3, -0.25) is 14.6 Å². The average molecular weight is 285 g/mol. The van der Waals surface area contributed by atoms with Gasteiger partial charge in [-0.15, -0.1) is 0 Å². The molecule has 2 rings (SSSR count). The summed E-state index contributed by atoms with van der Waals surface area (Å²) in [6.07, 6.45) is 0. The van der Waals surface area contributed by atoms with E-state index in [9.17, 15) is 9.59 Å². The number of carbonyl (C=O) groups is 2. The summed E-state index contributed by atoms with van der Waals surface area (Å²) in [5, 5.41) is 6.16. The molecule has 0 radical (unpaired) electrons. The minimum absolute atomic E-state index is 0.0350. The third kappa shape index (κ3) is 3.78. The maximum Gasteiger partial charge on any atom is 0.252 e. The number of pyridine rings is 1. The quantitative estimate of drug-likeness (QED) is 0.899. The zero-order valence-electron chi connectivity index (χ0n) is 12.4. The summed E-state index contributed by atoms with van der Waals surface area (Å²) < 4.78 is 0. The second-order valence-electron chi connectivity index (χ2n) is 5.23. The molecule has 0 saturated heterocycles. The molecule has 5 heteroatoms. The summed E-state index contributed by atoms with van der Waals surface area (Å²) in [5.41, 5.74) is 2.08. The summed E-state index contributed by atoms with van der Waals surface area (Å²) >= 11 is 0. The zero-order valence-corrected chi connectivity index (χ0v) is 12.4. The molecule has 110 valence electrons. The molecule has 0 saturated carbocycles. The van der Waals surface area contributed by atoms with E-state index < -0.39 is 0 Å². The normalized spacial score (nSPS) is 10.7. The van der Waals surface area contributed by atoms with Crippen LogP contribution in [0.4, 0.5) is 0 Å². The van der Waals surface area contributed by atoms with Gasteiger partial charge >= 0.3 is 0 Å². The van der Waals surface area contributed by atoms with Gasteiger partial charge in [0.15, 0.2) is 0 Å². The number of para-hydroxylation sites is 1. The Kier molecular flexibility index (Phi) is 4.52. The Bertz CT molecular complexity index is 680. The van der Waals surface area contributed by atoms with Gasteiger partial charge in [-0.25, -0.2) is 0 Å². The lowest BCUT2D eigenvalue weighted by atomic mass is 10.1. The van der Waals surface area contributed by atoms with Gasteiger partial charge in [0.1, 0.15) is 0 Å². The number of aryl methyl sites for hydroxylation is 1. The van der Waals surface area contributed by atoms with Crippen LogP contribution in [-0.2, 0) is 4.79 Å². The molecule has 0 spiro atoms. The molecule has 1 aromatic carbocycles. The first-order chi connectivity index (χ1) is 9.97. The third-order valence-corrected chi connectivity index (χ3v) is 2.95. The lowest BCUT2D eigenvalue weighted by molar-refractivity contribution is -0.120. The molecular formula is C16H19N3O2. The predicted octanol–water partition coefficient (Wildman–Crippen LogP) is 1.80. The number of rotatable bonds is 4. The Hall–Kier alpha value is -2.43. The number of nitrogens with zero attached hydrogens (tertiary/aromatic N) is 1. The molecule has 2 amide bonds. The average Bonchev–Trinajstić information content (AvgIpc) is 2.43. The van der Waals surface area contributed by atoms with Crippen LogP contribution in [0.2, 0.25) is 0 Å². The summed E-state index contributed by atoms with van der Waals surface area (Å²) in [7, 11) is 0. The van der Waals surface area contributed by atoms with Gasteiger partial charge in [-0.05, 0) is 32.9 Å². The van der Waals surface area contributed by atoms with Crippen LogP contribution < -0.4 is 10.6 Å². The van der Waals surface area contributed by atoms with Crippen LogP contribution in [0.5, 0.6) is 0 Å². The molecular weight excluding hydrogens is 266 g/mol. The van der Waals surface area contributed by atoms with Gasteiger partial charge in [0, 0.05) is 17.1 Å². The molecule has 0 aliphatic heterocycles. The van der Waals surface area contributed by atoms with E-state index in [2.05, 4.69) is 15.6 Å². The predicted molar refractivity (Wildman–Crippen MR) is 82.1 cm³/mol. The van der Waals surface area contributed by atoms with Gasteiger partial charge in [0.05, 0.1) is 17.6 Å². The maximum absolute atomic E-state index is 12.3. The maximum atomic E-state index is 12.3. The van der Waals surface area contributed by atoms with Crippen LogP contribution in [0.25, 0.3) is 10.9 Å². The van der Waals surface area contributed by atoms with Crippen molar-refractivity contribution in [3.8, 4) is 0 Å². The number of amides is 2. The first kappa shape index (κ1) is 15.0. The molecule has 2 aromatic rings. The first-order valence-electron chi connectivity index (χ1n) is 6.91. The topological polar surface area (TPSA) is 71.1 Å². The van der Waals surface area contributed by atoms with E-state index in [1.165, 1.54) is 0 Å². The third-order valence-electron chi connectivity index (χ3n) is 2.95. The van der Waals surface area contributed by atoms with Gasteiger partial charge in [0.2, 0.25) is 5.91 Å². The van der Waals surface area contributed by atoms with Gasteiger partial charge in [0.25, 0.3) is 5.91 Å². The van der Waals surface area contributed by atoms with Crippen LogP contribution in [0.3, 0.4) is 0 Å². The Balaban J connectivity index is 2.18. The van der Waals surface area contributed by atoms with Crippen molar-refractivity contribution in [2.24, 2.45) is 0 Å². The molecule has 0 aliphatic rings. The van der Waals surface area contributed by atoms with Crippen molar-refractivity contribution in [1.29, 1.82) is 0 Å². The van der Waals surface area contributed by atoms with E-state index in [0.29, 0.717) is 5.56 Å². The van der Waals surface area contributed by atoms with Crippen molar-refractivity contribution in [2.75, 3.05) is 6.54 Å². The van der Waals surface area contributed by atoms with E-state index in [-0.39, 0.29) is 24.4 Å². The Morgan fingerprint density at radius 3 is 2.67 bits per heavy atom. The second kappa shape index (κ2) is 6.35. The van der Waals surface area contributed by atoms with Gasteiger partial charge in [-0.2, -0.15) is 0 Å². The molecule has 21 heavy (non-hydrogen) atoms. The minimum Gasteiger partial charge on any atom is -0.352 e. The number of aromatic nitrogens is 1. The first-order valence-corrected chi connectivity index (χ1v) is 6.91. The highest BCUT2D eigenvalue weighted by atomic mass is 16.2. The van der Waals surface area contributed by atoms with Crippen molar-refractivity contribution in [1.82, 2.24) is 15.6 Å². The van der Waals surface area contributed by atoms with Crippen molar-refractivity contribution in [3.05, 3.63) is 41.6 Å². The SMILES string of the molecule is Cc1cc(C(=O)NCC(=O)NC(C)C)c2ccccc2n1. The number of benzene rings is 1. The minimum atomic E-state index is -0.268. The number of carbonyl (C=O) groups excluding carboxylic acids is 2. The summed E-state index contributed by atoms with van der Waals surface area (Å²) in [6.45, 7) is 5.56. The number of nitrogens with one attached hydrogen (secondary N) is 2. The van der Waals surface area contributed by atoms with Crippen molar-refractivity contribution >= 4 is 22.7 Å². The molecule has 1 aromatic heterocycles.